The zero-order valence-corrected chi connectivity index (χ0v) is 20.6. The monoisotopic (exact) mass is 499 g/mol. The summed E-state index contributed by atoms with van der Waals surface area (Å²) in [6.07, 6.45) is 3.37. The maximum Gasteiger partial charge on any atom is 0.251 e. The van der Waals surface area contributed by atoms with Crippen molar-refractivity contribution < 1.29 is 8.78 Å². The van der Waals surface area contributed by atoms with E-state index in [4.69, 9.17) is 11.6 Å². The van der Waals surface area contributed by atoms with Crippen LogP contribution in [0.25, 0.3) is 5.69 Å². The molecule has 1 aliphatic carbocycles. The molecule has 1 saturated heterocycles. The highest BCUT2D eigenvalue weighted by molar-refractivity contribution is 6.30. The maximum atomic E-state index is 13.9. The fraction of sp³-hybridized carbons (Fsp3) is 0.520. The van der Waals surface area contributed by atoms with Crippen LogP contribution in [-0.2, 0) is 13.1 Å². The van der Waals surface area contributed by atoms with Gasteiger partial charge in [0.05, 0.1) is 12.2 Å². The Bertz CT molecular complexity index is 1260. The Hall–Kier alpha value is -2.65. The number of anilines is 1. The molecule has 4 heterocycles. The van der Waals surface area contributed by atoms with E-state index in [0.717, 1.165) is 60.5 Å². The molecule has 184 valence electrons. The second-order valence-electron chi connectivity index (χ2n) is 10.4. The number of aromatic nitrogens is 5. The third-order valence-corrected chi connectivity index (χ3v) is 7.95. The first kappa shape index (κ1) is 22.8. The van der Waals surface area contributed by atoms with Crippen molar-refractivity contribution in [3.63, 3.8) is 0 Å². The maximum absolute atomic E-state index is 13.9. The fourth-order valence-electron chi connectivity index (χ4n) is 5.95. The summed E-state index contributed by atoms with van der Waals surface area (Å²) in [4.78, 5) is 13.2. The highest BCUT2D eigenvalue weighted by Crippen LogP contribution is 2.50. The van der Waals surface area contributed by atoms with Crippen LogP contribution in [0.1, 0.15) is 61.6 Å². The predicted octanol–water partition coefficient (Wildman–Crippen LogP) is 4.91. The number of nitrogens with zero attached hydrogens (tertiary/aromatic N) is 7. The Morgan fingerprint density at radius 2 is 1.83 bits per heavy atom. The van der Waals surface area contributed by atoms with Gasteiger partial charge in [0.25, 0.3) is 5.92 Å². The number of hydrogen-bond acceptors (Lipinski definition) is 6. The average Bonchev–Trinajstić information content (AvgIpc) is 3.13. The lowest BCUT2D eigenvalue weighted by Gasteiger charge is -2.51. The topological polar surface area (TPSA) is 63.0 Å². The average molecular weight is 500 g/mol. The van der Waals surface area contributed by atoms with Gasteiger partial charge in [-0.2, -0.15) is 0 Å². The molecule has 2 aliphatic heterocycles. The van der Waals surface area contributed by atoms with Gasteiger partial charge < -0.3 is 4.90 Å². The van der Waals surface area contributed by atoms with Crippen LogP contribution in [0.15, 0.2) is 30.5 Å². The molecule has 35 heavy (non-hydrogen) atoms. The van der Waals surface area contributed by atoms with Gasteiger partial charge in [0.15, 0.2) is 5.82 Å². The number of benzene rings is 1. The quantitative estimate of drug-likeness (QED) is 0.510. The molecule has 2 aromatic heterocycles. The van der Waals surface area contributed by atoms with Gasteiger partial charge >= 0.3 is 0 Å². The minimum atomic E-state index is -2.60. The van der Waals surface area contributed by atoms with Gasteiger partial charge in [0.1, 0.15) is 17.5 Å². The first-order valence-corrected chi connectivity index (χ1v) is 12.5. The molecule has 0 N–H and O–H groups in total. The summed E-state index contributed by atoms with van der Waals surface area (Å²) in [6, 6.07) is 7.79. The van der Waals surface area contributed by atoms with E-state index >= 15 is 0 Å². The summed E-state index contributed by atoms with van der Waals surface area (Å²) >= 11 is 6.37. The number of fused-ring (bicyclic) bond motifs is 3. The molecule has 0 unspecified atom stereocenters. The third kappa shape index (κ3) is 4.08. The molecule has 6 rings (SSSR count). The number of rotatable bonds is 3. The normalized spacial score (nSPS) is 21.7. The molecule has 1 aromatic carbocycles. The van der Waals surface area contributed by atoms with Gasteiger partial charge in [-0.15, -0.1) is 10.2 Å². The molecular weight excluding hydrogens is 472 g/mol. The largest absolute Gasteiger partial charge is 0.356 e. The van der Waals surface area contributed by atoms with Crippen LogP contribution in [-0.4, -0.2) is 54.2 Å². The minimum Gasteiger partial charge on any atom is -0.356 e. The van der Waals surface area contributed by atoms with Gasteiger partial charge in [0, 0.05) is 55.2 Å². The van der Waals surface area contributed by atoms with Crippen molar-refractivity contribution in [2.24, 2.45) is 0 Å². The fourth-order valence-corrected chi connectivity index (χ4v) is 6.14. The Labute approximate surface area is 208 Å². The zero-order chi connectivity index (χ0) is 24.4. The summed E-state index contributed by atoms with van der Waals surface area (Å²) in [5, 5.41) is 9.86. The van der Waals surface area contributed by atoms with E-state index in [2.05, 4.69) is 34.5 Å². The molecule has 7 nitrogen and oxygen atoms in total. The molecule has 3 aliphatic rings. The van der Waals surface area contributed by atoms with Gasteiger partial charge in [-0.25, -0.2) is 18.7 Å². The Kier molecular flexibility index (Phi) is 5.34. The van der Waals surface area contributed by atoms with Gasteiger partial charge in [-0.05, 0) is 56.5 Å². The van der Waals surface area contributed by atoms with Crippen molar-refractivity contribution in [3.05, 3.63) is 58.5 Å². The molecule has 0 amide bonds. The van der Waals surface area contributed by atoms with Crippen molar-refractivity contribution in [2.45, 2.75) is 70.0 Å². The number of aryl methyl sites for hydroxylation is 1. The van der Waals surface area contributed by atoms with E-state index in [0.29, 0.717) is 18.1 Å². The lowest BCUT2D eigenvalue weighted by molar-refractivity contribution is -0.173. The van der Waals surface area contributed by atoms with Crippen LogP contribution in [0.2, 0.25) is 5.02 Å². The molecule has 0 spiro atoms. The Morgan fingerprint density at radius 3 is 2.54 bits per heavy atom. The molecule has 2 fully saturated rings. The smallest absolute Gasteiger partial charge is 0.251 e. The summed E-state index contributed by atoms with van der Waals surface area (Å²) in [7, 11) is 0. The van der Waals surface area contributed by atoms with Crippen molar-refractivity contribution in [2.75, 3.05) is 18.0 Å². The number of hydrogen-bond donors (Lipinski definition) is 0. The molecule has 3 aromatic rings. The van der Waals surface area contributed by atoms with E-state index in [1.807, 2.05) is 38.1 Å². The van der Waals surface area contributed by atoms with E-state index in [-0.39, 0.29) is 18.8 Å². The van der Waals surface area contributed by atoms with E-state index in [9.17, 15) is 8.78 Å². The molecule has 0 radical (unpaired) electrons. The second-order valence-corrected chi connectivity index (χ2v) is 10.8. The van der Waals surface area contributed by atoms with Crippen LogP contribution in [0.4, 0.5) is 14.6 Å². The Morgan fingerprint density at radius 1 is 1.06 bits per heavy atom. The van der Waals surface area contributed by atoms with Crippen molar-refractivity contribution in [1.82, 2.24) is 29.6 Å². The standard InChI is InChI=1S/C25H28ClF2N7/c1-16-29-8-5-21(30-16)33-9-6-17(7-10-33)23-32-31-22-13-34(24(2)14-25(27,28)15-24)12-18-11-19(26)3-4-20(18)35(22)23/h3-5,8,11,17H,6-7,9-10,12-15H2,1-2H3. The first-order chi connectivity index (χ1) is 16.7. The summed E-state index contributed by atoms with van der Waals surface area (Å²) in [5.74, 6) is 1.10. The van der Waals surface area contributed by atoms with E-state index < -0.39 is 11.5 Å². The third-order valence-electron chi connectivity index (χ3n) is 7.72. The van der Waals surface area contributed by atoms with Crippen LogP contribution < -0.4 is 4.90 Å². The minimum absolute atomic E-state index is 0.141. The van der Waals surface area contributed by atoms with Gasteiger partial charge in [0.2, 0.25) is 0 Å². The highest BCUT2D eigenvalue weighted by atomic mass is 35.5. The predicted molar refractivity (Wildman–Crippen MR) is 129 cm³/mol. The molecule has 0 atom stereocenters. The summed E-state index contributed by atoms with van der Waals surface area (Å²) in [5.41, 5.74) is 1.43. The lowest BCUT2D eigenvalue weighted by Crippen LogP contribution is -2.59. The van der Waals surface area contributed by atoms with E-state index in [1.165, 1.54) is 0 Å². The van der Waals surface area contributed by atoms with Crippen LogP contribution in [0.3, 0.4) is 0 Å². The van der Waals surface area contributed by atoms with E-state index in [1.54, 1.807) is 6.20 Å². The number of piperidine rings is 1. The SMILES string of the molecule is Cc1nccc(N2CCC(c3nnc4n3-c3ccc(Cl)cc3CN(C3(C)CC(F)(F)C3)C4)CC2)n1. The highest BCUT2D eigenvalue weighted by Gasteiger charge is 2.57. The molecule has 0 bridgehead atoms. The molecular formula is C25H28ClF2N7. The lowest BCUT2D eigenvalue weighted by atomic mass is 9.73. The first-order valence-electron chi connectivity index (χ1n) is 12.1. The summed E-state index contributed by atoms with van der Waals surface area (Å²) < 4.78 is 29.9. The van der Waals surface area contributed by atoms with Crippen LogP contribution in [0.5, 0.6) is 0 Å². The number of halogens is 3. The van der Waals surface area contributed by atoms with Crippen molar-refractivity contribution >= 4 is 17.4 Å². The second kappa shape index (κ2) is 8.20. The number of alkyl halides is 2. The van der Waals surface area contributed by atoms with Crippen LogP contribution >= 0.6 is 11.6 Å². The van der Waals surface area contributed by atoms with Gasteiger partial charge in [-0.1, -0.05) is 11.6 Å². The molecule has 10 heteroatoms. The molecule has 1 saturated carbocycles. The van der Waals surface area contributed by atoms with Gasteiger partial charge in [-0.3, -0.25) is 9.47 Å². The van der Waals surface area contributed by atoms with Crippen LogP contribution in [0, 0.1) is 6.92 Å². The summed E-state index contributed by atoms with van der Waals surface area (Å²) in [6.45, 7) is 6.60. The zero-order valence-electron chi connectivity index (χ0n) is 19.9. The Balaban J connectivity index is 1.31. The van der Waals surface area contributed by atoms with Crippen molar-refractivity contribution in [1.29, 1.82) is 0 Å². The van der Waals surface area contributed by atoms with Crippen molar-refractivity contribution in [3.8, 4) is 5.69 Å².